The van der Waals surface area contributed by atoms with Crippen molar-refractivity contribution >= 4 is 0 Å². The third kappa shape index (κ3) is 3.00. The maximum absolute atomic E-state index is 12.8. The van der Waals surface area contributed by atoms with Crippen LogP contribution in [0.25, 0.3) is 0 Å². The molecule has 100 valence electrons. The van der Waals surface area contributed by atoms with Gasteiger partial charge >= 0.3 is 0 Å². The normalized spacial score (nSPS) is 12.0. The van der Waals surface area contributed by atoms with Crippen LogP contribution in [0, 0.1) is 5.82 Å². The number of nitrogens with two attached hydrogens (primary N) is 1. The van der Waals surface area contributed by atoms with E-state index in [0.717, 1.165) is 11.8 Å². The van der Waals surface area contributed by atoms with Crippen LogP contribution in [0.5, 0.6) is 11.5 Å². The van der Waals surface area contributed by atoms with Crippen LogP contribution in [0.2, 0.25) is 0 Å². The summed E-state index contributed by atoms with van der Waals surface area (Å²) in [4.78, 5) is 3.98. The van der Waals surface area contributed by atoms with Gasteiger partial charge in [-0.25, -0.2) is 4.39 Å². The second kappa shape index (κ2) is 5.67. The highest BCUT2D eigenvalue weighted by Crippen LogP contribution is 2.27. The minimum atomic E-state index is -0.468. The van der Waals surface area contributed by atoms with Crippen LogP contribution in [0.3, 0.4) is 0 Å². The van der Waals surface area contributed by atoms with Crippen LogP contribution >= 0.6 is 0 Å². The first-order valence-corrected chi connectivity index (χ1v) is 5.74. The largest absolute Gasteiger partial charge is 0.497 e. The monoisotopic (exact) mass is 262 g/mol. The fourth-order valence-electron chi connectivity index (χ4n) is 1.75. The summed E-state index contributed by atoms with van der Waals surface area (Å²) in [5.41, 5.74) is 7.49. The van der Waals surface area contributed by atoms with E-state index >= 15 is 0 Å². The molecule has 0 radical (unpaired) electrons. The average Bonchev–Trinajstić information content (AvgIpc) is 2.46. The molecule has 4 nitrogen and oxygen atoms in total. The summed E-state index contributed by atoms with van der Waals surface area (Å²) in [6, 6.07) is 7.79. The summed E-state index contributed by atoms with van der Waals surface area (Å²) in [5.74, 6) is 0.901. The number of hydrogen-bond acceptors (Lipinski definition) is 4. The lowest BCUT2D eigenvalue weighted by Crippen LogP contribution is -2.13. The second-order valence-corrected chi connectivity index (χ2v) is 4.02. The zero-order chi connectivity index (χ0) is 13.8. The molecule has 1 aromatic carbocycles. The van der Waals surface area contributed by atoms with Gasteiger partial charge in [0, 0.05) is 6.07 Å². The molecular weight excluding hydrogens is 247 g/mol. The highest BCUT2D eigenvalue weighted by atomic mass is 19.1. The van der Waals surface area contributed by atoms with Crippen molar-refractivity contribution in [2.75, 3.05) is 14.2 Å². The minimum Gasteiger partial charge on any atom is -0.497 e. The number of rotatable bonds is 4. The molecule has 0 bridgehead atoms. The lowest BCUT2D eigenvalue weighted by Gasteiger charge is -2.14. The molecule has 0 aliphatic heterocycles. The van der Waals surface area contributed by atoms with E-state index in [0.29, 0.717) is 17.2 Å². The summed E-state index contributed by atoms with van der Waals surface area (Å²) in [6.07, 6.45) is 1.15. The number of hydrogen-bond donors (Lipinski definition) is 1. The molecule has 0 spiro atoms. The smallest absolute Gasteiger partial charge is 0.141 e. The Morgan fingerprint density at radius 3 is 2.21 bits per heavy atom. The molecule has 1 heterocycles. The third-order valence-corrected chi connectivity index (χ3v) is 2.80. The number of ether oxygens (including phenoxy) is 2. The number of methoxy groups -OCH3 is 2. The van der Waals surface area contributed by atoms with Crippen molar-refractivity contribution in [3.63, 3.8) is 0 Å². The Morgan fingerprint density at radius 1 is 1.11 bits per heavy atom. The Hall–Kier alpha value is -2.14. The van der Waals surface area contributed by atoms with Crippen LogP contribution in [0.1, 0.15) is 17.3 Å². The van der Waals surface area contributed by atoms with E-state index in [2.05, 4.69) is 4.98 Å². The summed E-state index contributed by atoms with van der Waals surface area (Å²) >= 11 is 0. The van der Waals surface area contributed by atoms with Gasteiger partial charge in [-0.1, -0.05) is 0 Å². The minimum absolute atomic E-state index is 0.390. The highest BCUT2D eigenvalue weighted by molar-refractivity contribution is 5.41. The molecule has 5 heteroatoms. The van der Waals surface area contributed by atoms with Gasteiger partial charge in [0.05, 0.1) is 32.2 Å². The predicted molar refractivity (Wildman–Crippen MR) is 69.8 cm³/mol. The van der Waals surface area contributed by atoms with Crippen LogP contribution in [0.15, 0.2) is 36.5 Å². The van der Waals surface area contributed by atoms with Crippen LogP contribution < -0.4 is 15.2 Å². The number of halogens is 1. The Morgan fingerprint density at radius 2 is 1.74 bits per heavy atom. The van der Waals surface area contributed by atoms with Crippen molar-refractivity contribution in [1.82, 2.24) is 4.98 Å². The van der Waals surface area contributed by atoms with E-state index in [1.54, 1.807) is 38.5 Å². The summed E-state index contributed by atoms with van der Waals surface area (Å²) in [6.45, 7) is 0. The van der Waals surface area contributed by atoms with Gasteiger partial charge in [0.15, 0.2) is 0 Å². The lowest BCUT2D eigenvalue weighted by atomic mass is 10.0. The molecule has 0 fully saturated rings. The molecule has 0 amide bonds. The molecule has 0 saturated carbocycles. The fraction of sp³-hybridized carbons (Fsp3) is 0.214. The van der Waals surface area contributed by atoms with E-state index < -0.39 is 6.04 Å². The number of aromatic nitrogens is 1. The molecule has 2 aromatic rings. The first kappa shape index (κ1) is 13.3. The van der Waals surface area contributed by atoms with Crippen LogP contribution in [-0.4, -0.2) is 19.2 Å². The zero-order valence-corrected chi connectivity index (χ0v) is 10.8. The van der Waals surface area contributed by atoms with E-state index in [4.69, 9.17) is 15.2 Å². The molecule has 0 aliphatic rings. The second-order valence-electron chi connectivity index (χ2n) is 4.02. The Balaban J connectivity index is 2.37. The lowest BCUT2D eigenvalue weighted by molar-refractivity contribution is 0.393. The molecular formula is C14H15FN2O2. The Labute approximate surface area is 111 Å². The van der Waals surface area contributed by atoms with Crippen molar-refractivity contribution in [3.05, 3.63) is 53.6 Å². The topological polar surface area (TPSA) is 57.4 Å². The van der Waals surface area contributed by atoms with Crippen molar-refractivity contribution in [2.45, 2.75) is 6.04 Å². The van der Waals surface area contributed by atoms with Crippen molar-refractivity contribution < 1.29 is 13.9 Å². The number of benzene rings is 1. The number of pyridine rings is 1. The van der Waals surface area contributed by atoms with Gasteiger partial charge in [-0.15, -0.1) is 0 Å². The van der Waals surface area contributed by atoms with Gasteiger partial charge in [0.25, 0.3) is 0 Å². The molecule has 1 atom stereocenters. The van der Waals surface area contributed by atoms with Crippen LogP contribution in [0.4, 0.5) is 4.39 Å². The van der Waals surface area contributed by atoms with E-state index in [9.17, 15) is 4.39 Å². The maximum Gasteiger partial charge on any atom is 0.141 e. The first-order valence-electron chi connectivity index (χ1n) is 5.74. The van der Waals surface area contributed by atoms with E-state index in [1.165, 1.54) is 6.07 Å². The highest BCUT2D eigenvalue weighted by Gasteiger charge is 2.13. The Bertz CT molecular complexity index is 536. The van der Waals surface area contributed by atoms with Gasteiger partial charge in [-0.05, 0) is 29.8 Å². The first-order chi connectivity index (χ1) is 9.13. The van der Waals surface area contributed by atoms with E-state index in [-0.39, 0.29) is 5.82 Å². The summed E-state index contributed by atoms with van der Waals surface area (Å²) in [5, 5.41) is 0. The van der Waals surface area contributed by atoms with Crippen molar-refractivity contribution in [2.24, 2.45) is 5.73 Å². The van der Waals surface area contributed by atoms with Gasteiger partial charge in [0.1, 0.15) is 17.3 Å². The quantitative estimate of drug-likeness (QED) is 0.918. The van der Waals surface area contributed by atoms with Gasteiger partial charge in [-0.3, -0.25) is 4.98 Å². The van der Waals surface area contributed by atoms with Crippen LogP contribution in [-0.2, 0) is 0 Å². The summed E-state index contributed by atoms with van der Waals surface area (Å²) in [7, 11) is 3.14. The maximum atomic E-state index is 12.8. The molecule has 1 unspecified atom stereocenters. The van der Waals surface area contributed by atoms with E-state index in [1.807, 2.05) is 0 Å². The predicted octanol–water partition coefficient (Wildman–Crippen LogP) is 2.29. The molecule has 0 saturated heterocycles. The summed E-state index contributed by atoms with van der Waals surface area (Å²) < 4.78 is 23.2. The van der Waals surface area contributed by atoms with Gasteiger partial charge < -0.3 is 15.2 Å². The molecule has 2 rings (SSSR count). The third-order valence-electron chi connectivity index (χ3n) is 2.80. The molecule has 1 aromatic heterocycles. The Kier molecular flexibility index (Phi) is 3.97. The number of nitrogens with zero attached hydrogens (tertiary/aromatic N) is 1. The van der Waals surface area contributed by atoms with Gasteiger partial charge in [0.2, 0.25) is 0 Å². The fourth-order valence-corrected chi connectivity index (χ4v) is 1.75. The standard InChI is InChI=1S/C14H15FN2O2/c1-18-11-5-9(6-12(7-11)19-2)14(16)13-4-3-10(15)8-17-13/h3-8,14H,16H2,1-2H3. The van der Waals surface area contributed by atoms with Crippen molar-refractivity contribution in [1.29, 1.82) is 0 Å². The SMILES string of the molecule is COc1cc(OC)cc(C(N)c2ccc(F)cn2)c1. The average molecular weight is 262 g/mol. The van der Waals surface area contributed by atoms with Crippen molar-refractivity contribution in [3.8, 4) is 11.5 Å². The molecule has 2 N–H and O–H groups in total. The van der Waals surface area contributed by atoms with Gasteiger partial charge in [-0.2, -0.15) is 0 Å². The molecule has 19 heavy (non-hydrogen) atoms. The zero-order valence-electron chi connectivity index (χ0n) is 10.8. The molecule has 0 aliphatic carbocycles.